The largest absolute Gasteiger partial charge is 0.391 e. The molecule has 1 aromatic heterocycles. The fourth-order valence-electron chi connectivity index (χ4n) is 8.98. The number of nitrogens with two attached hydrogens (primary N) is 5. The van der Waals surface area contributed by atoms with Crippen LogP contribution in [0.4, 0.5) is 21.0 Å². The number of urea groups is 2. The summed E-state index contributed by atoms with van der Waals surface area (Å²) in [4.78, 5) is 141. The van der Waals surface area contributed by atoms with Gasteiger partial charge >= 0.3 is 12.1 Å². The Balaban J connectivity index is 1.40. The van der Waals surface area contributed by atoms with Gasteiger partial charge in [0.15, 0.2) is 0 Å². The zero-order valence-electron chi connectivity index (χ0n) is 46.2. The van der Waals surface area contributed by atoms with Gasteiger partial charge in [-0.15, -0.1) is 0 Å². The van der Waals surface area contributed by atoms with Crippen LogP contribution in [0.1, 0.15) is 48.4 Å². The molecule has 12 amide bonds. The highest BCUT2D eigenvalue weighted by Crippen LogP contribution is 2.25. The molecule has 5 aromatic rings. The molecule has 454 valence electrons. The average molecular weight is 1230 g/mol. The van der Waals surface area contributed by atoms with Crippen LogP contribution >= 0.6 is 33.2 Å². The number of H-pyrrole nitrogens is 1. The molecule has 1 saturated heterocycles. The highest BCUT2D eigenvalue weighted by Gasteiger charge is 2.37. The Morgan fingerprint density at radius 3 is 1.82 bits per heavy atom. The number of carbonyl (C=O) groups is 10. The first-order valence-electron chi connectivity index (χ1n) is 27.0. The topological polar surface area (TPSA) is 445 Å². The van der Waals surface area contributed by atoms with Crippen molar-refractivity contribution in [3.8, 4) is 0 Å². The van der Waals surface area contributed by atoms with E-state index in [0.717, 1.165) is 21.6 Å². The number of para-hydroxylation sites is 1. The SMILES string of the molecule is C[C@@H](O)[C@@H]1NC(=O)[C@H](CCCCN)NC(=O)[C@@H](Cc2c[nH]c3ccccc23)NC(=O)[C@H](Cc2ccc(NC(N)=O)cc2)NC(=O)[C@H](NC(=O)[C@@H](N)Cc2ccc(Cl)cc2)CSSC[C@@H](C(=O)N[C@@H](Cc2ccc(NC(N)=O)cc2)C(N)=O)NC1=O. The van der Waals surface area contributed by atoms with Gasteiger partial charge < -0.3 is 86.6 Å². The van der Waals surface area contributed by atoms with E-state index in [-0.39, 0.29) is 56.6 Å². The Morgan fingerprint density at radius 2 is 1.21 bits per heavy atom. The van der Waals surface area contributed by atoms with Crippen LogP contribution in [0.5, 0.6) is 0 Å². The number of fused-ring (bicyclic) bond motifs is 1. The predicted octanol–water partition coefficient (Wildman–Crippen LogP) is 0.184. The lowest BCUT2D eigenvalue weighted by Gasteiger charge is -2.29. The summed E-state index contributed by atoms with van der Waals surface area (Å²) in [6.07, 6.45) is 0.184. The second kappa shape index (κ2) is 32.0. The van der Waals surface area contributed by atoms with Crippen molar-refractivity contribution in [2.75, 3.05) is 28.7 Å². The molecule has 9 atom stereocenters. The maximum Gasteiger partial charge on any atom is 0.316 e. The number of benzene rings is 4. The van der Waals surface area contributed by atoms with Gasteiger partial charge in [-0.1, -0.05) is 87.8 Å². The van der Waals surface area contributed by atoms with E-state index in [1.54, 1.807) is 72.9 Å². The number of unbranched alkanes of at least 4 members (excludes halogenated alkanes) is 1. The molecule has 1 fully saturated rings. The number of aromatic nitrogens is 1. The van der Waals surface area contributed by atoms with Crippen molar-refractivity contribution >= 4 is 115 Å². The van der Waals surface area contributed by atoms with Crippen molar-refractivity contribution in [2.45, 2.75) is 106 Å². The Kier molecular flexibility index (Phi) is 24.8. The van der Waals surface area contributed by atoms with Crippen molar-refractivity contribution in [1.82, 2.24) is 42.2 Å². The number of primary amides is 3. The third-order valence-corrected chi connectivity index (χ3v) is 16.2. The smallest absolute Gasteiger partial charge is 0.316 e. The van der Waals surface area contributed by atoms with Gasteiger partial charge in [-0.25, -0.2) is 9.59 Å². The normalized spacial score (nSPS) is 20.4. The van der Waals surface area contributed by atoms with Crippen molar-refractivity contribution < 1.29 is 53.1 Å². The first-order valence-corrected chi connectivity index (χ1v) is 29.8. The molecular formula is C56H70ClN15O11S2. The third-order valence-electron chi connectivity index (χ3n) is 13.5. The zero-order valence-corrected chi connectivity index (χ0v) is 48.6. The van der Waals surface area contributed by atoms with E-state index in [2.05, 4.69) is 52.8 Å². The van der Waals surface area contributed by atoms with Gasteiger partial charge in [0.2, 0.25) is 47.3 Å². The van der Waals surface area contributed by atoms with Crippen LogP contribution in [-0.2, 0) is 64.0 Å². The lowest BCUT2D eigenvalue weighted by atomic mass is 10.0. The van der Waals surface area contributed by atoms with Crippen LogP contribution in [0, 0.1) is 0 Å². The minimum Gasteiger partial charge on any atom is -0.391 e. The molecule has 85 heavy (non-hydrogen) atoms. The zero-order chi connectivity index (χ0) is 61.7. The van der Waals surface area contributed by atoms with Crippen LogP contribution < -0.4 is 76.5 Å². The van der Waals surface area contributed by atoms with Gasteiger partial charge in [0.1, 0.15) is 42.3 Å². The molecule has 1 aliphatic rings. The maximum absolute atomic E-state index is 15.0. The number of anilines is 2. The average Bonchev–Trinajstić information content (AvgIpc) is 3.82. The van der Waals surface area contributed by atoms with E-state index >= 15 is 0 Å². The molecule has 0 spiro atoms. The number of halogens is 1. The van der Waals surface area contributed by atoms with Crippen molar-refractivity contribution in [3.05, 3.63) is 131 Å². The molecule has 1 aliphatic heterocycles. The number of hydrogen-bond donors (Lipinski definition) is 16. The lowest BCUT2D eigenvalue weighted by Crippen LogP contribution is -2.62. The van der Waals surface area contributed by atoms with E-state index in [0.29, 0.717) is 56.0 Å². The molecule has 0 bridgehead atoms. The summed E-state index contributed by atoms with van der Waals surface area (Å²) in [5, 5.41) is 35.8. The quantitative estimate of drug-likeness (QED) is 0.0365. The number of carbonyl (C=O) groups excluding carboxylic acids is 10. The van der Waals surface area contributed by atoms with Gasteiger partial charge in [-0.2, -0.15) is 0 Å². The summed E-state index contributed by atoms with van der Waals surface area (Å²) in [5.41, 5.74) is 32.2. The number of aromatic amines is 1. The number of amides is 12. The molecule has 0 saturated carbocycles. The van der Waals surface area contributed by atoms with Gasteiger partial charge in [-0.05, 0) is 104 Å². The minimum atomic E-state index is -1.76. The number of hydrogen-bond acceptors (Lipinski definition) is 15. The first-order chi connectivity index (χ1) is 40.6. The molecule has 2 heterocycles. The van der Waals surface area contributed by atoms with Crippen LogP contribution in [0.2, 0.25) is 5.02 Å². The minimum absolute atomic E-state index is 0.0210. The van der Waals surface area contributed by atoms with Gasteiger partial charge in [0.05, 0.1) is 12.1 Å². The molecule has 0 unspecified atom stereocenters. The number of nitrogens with one attached hydrogen (secondary N) is 10. The first kappa shape index (κ1) is 65.7. The molecule has 26 nitrogen and oxygen atoms in total. The Bertz CT molecular complexity index is 3170. The molecule has 4 aromatic carbocycles. The van der Waals surface area contributed by atoms with Crippen molar-refractivity contribution in [1.29, 1.82) is 0 Å². The lowest BCUT2D eigenvalue weighted by molar-refractivity contribution is -0.136. The summed E-state index contributed by atoms with van der Waals surface area (Å²) in [6, 6.07) is 12.7. The molecule has 0 radical (unpaired) electrons. The summed E-state index contributed by atoms with van der Waals surface area (Å²) in [6.45, 7) is 1.43. The summed E-state index contributed by atoms with van der Waals surface area (Å²) >= 11 is 6.10. The Morgan fingerprint density at radius 1 is 0.659 bits per heavy atom. The monoisotopic (exact) mass is 1230 g/mol. The van der Waals surface area contributed by atoms with Crippen molar-refractivity contribution in [3.63, 3.8) is 0 Å². The highest BCUT2D eigenvalue weighted by atomic mass is 35.5. The molecule has 29 heteroatoms. The van der Waals surface area contributed by atoms with Gasteiger partial charge in [-0.3, -0.25) is 38.4 Å². The standard InChI is InChI=1S/C56H70ClN15O11S2/c1-29(73)46-54(81)71-45(52(79)67-41(47(60)74)23-31-11-17-35(18-12-31)64-55(61)82)28-85-84-27-44(70-48(75)38(59)22-30-9-15-34(57)16-10-30)53(80)68-42(24-32-13-19-36(20-14-32)65-56(62)83)50(77)69-43(25-33-26-63-39-7-3-2-6-37(33)39)51(78)66-40(49(76)72-46)8-4-5-21-58/h2-3,6-7,9-20,26,29,38,40-46,63,73H,4-5,8,21-25,27-28,58-59H2,1H3,(H2,60,74)(H,66,78)(H,67,79)(H,68,80)(H,69,77)(H,70,75)(H,71,81)(H,72,76)(H3,61,64,82)(H3,62,65,83)/t29-,38+,40+,41+,42+,43-,44-,45+,46+/m1/s1. The van der Waals surface area contributed by atoms with Crippen LogP contribution in [0.25, 0.3) is 10.9 Å². The van der Waals surface area contributed by atoms with Crippen LogP contribution in [0.3, 0.4) is 0 Å². The summed E-state index contributed by atoms with van der Waals surface area (Å²) in [5.74, 6) is -7.86. The fraction of sp³-hybridized carbons (Fsp3) is 0.357. The maximum atomic E-state index is 15.0. The summed E-state index contributed by atoms with van der Waals surface area (Å²) < 4.78 is 0. The summed E-state index contributed by atoms with van der Waals surface area (Å²) in [7, 11) is 1.90. The Hall–Kier alpha value is -8.41. The van der Waals surface area contributed by atoms with E-state index in [1.807, 2.05) is 6.07 Å². The van der Waals surface area contributed by atoms with Gasteiger partial charge in [0, 0.05) is 64.3 Å². The molecule has 0 aliphatic carbocycles. The number of aliphatic hydroxyl groups excluding tert-OH is 1. The molecule has 6 rings (SSSR count). The van der Waals surface area contributed by atoms with E-state index < -0.39 is 114 Å². The number of aliphatic hydroxyl groups is 1. The van der Waals surface area contributed by atoms with Crippen LogP contribution in [0.15, 0.2) is 103 Å². The predicted molar refractivity (Wildman–Crippen MR) is 324 cm³/mol. The molecule has 21 N–H and O–H groups in total. The third kappa shape index (κ3) is 20.4. The van der Waals surface area contributed by atoms with E-state index in [4.69, 9.17) is 40.3 Å². The Labute approximate surface area is 501 Å². The molecular weight excluding hydrogens is 1160 g/mol. The number of rotatable bonds is 20. The van der Waals surface area contributed by atoms with Gasteiger partial charge in [0.25, 0.3) is 0 Å². The fourth-order valence-corrected chi connectivity index (χ4v) is 11.4. The second-order valence-electron chi connectivity index (χ2n) is 20.1. The second-order valence-corrected chi connectivity index (χ2v) is 23.1. The van der Waals surface area contributed by atoms with Crippen molar-refractivity contribution in [2.24, 2.45) is 28.7 Å². The van der Waals surface area contributed by atoms with Crippen LogP contribution in [-0.4, -0.2) is 142 Å². The van der Waals surface area contributed by atoms with E-state index in [1.165, 1.54) is 31.2 Å². The van der Waals surface area contributed by atoms with E-state index in [9.17, 15) is 53.1 Å². The highest BCUT2D eigenvalue weighted by molar-refractivity contribution is 8.76.